The molecule has 8 nitrogen and oxygen atoms in total. The molecular formula is C16H26N2O6. The zero-order chi connectivity index (χ0) is 17.1. The van der Waals surface area contributed by atoms with Crippen LogP contribution in [0.25, 0.3) is 0 Å². The summed E-state index contributed by atoms with van der Waals surface area (Å²) in [7, 11) is 0. The summed E-state index contributed by atoms with van der Waals surface area (Å²) >= 11 is 0. The normalized spacial score (nSPS) is 34.9. The van der Waals surface area contributed by atoms with E-state index >= 15 is 0 Å². The minimum Gasteiger partial charge on any atom is -0.376 e. The van der Waals surface area contributed by atoms with Crippen LogP contribution in [0, 0.1) is 0 Å². The molecule has 0 aliphatic carbocycles. The number of amides is 2. The maximum atomic E-state index is 12.7. The van der Waals surface area contributed by atoms with Crippen molar-refractivity contribution in [3.05, 3.63) is 0 Å². The summed E-state index contributed by atoms with van der Waals surface area (Å²) in [6.07, 6.45) is -1.07. The van der Waals surface area contributed by atoms with Crippen LogP contribution in [0.3, 0.4) is 0 Å². The standard InChI is InChI=1S/C16H26N2O6/c1-11-7-18(16(20)14-10-22-4-6-24-14)12(2)8-17(11)15(19)13-9-21-3-5-23-13/h11-14H,3-10H2,1-2H3/t11-,12+,13-,14+. The molecule has 3 fully saturated rings. The van der Waals surface area contributed by atoms with E-state index in [4.69, 9.17) is 18.9 Å². The van der Waals surface area contributed by atoms with E-state index in [-0.39, 0.29) is 23.9 Å². The smallest absolute Gasteiger partial charge is 0.254 e. The molecule has 8 heteroatoms. The van der Waals surface area contributed by atoms with Gasteiger partial charge in [0.05, 0.1) is 39.6 Å². The number of piperazine rings is 1. The first-order valence-electron chi connectivity index (χ1n) is 8.57. The molecule has 3 rings (SSSR count). The van der Waals surface area contributed by atoms with Gasteiger partial charge in [-0.25, -0.2) is 0 Å². The number of hydrogen-bond acceptors (Lipinski definition) is 6. The summed E-state index contributed by atoms with van der Waals surface area (Å²) in [6, 6.07) is -0.152. The molecule has 0 unspecified atom stereocenters. The minimum atomic E-state index is -0.536. The average molecular weight is 342 g/mol. The first kappa shape index (κ1) is 17.6. The SMILES string of the molecule is C[C@@H]1CN(C(=O)[C@@H]2COCCO2)[C@@H](C)CN1C(=O)[C@H]1COCCO1. The molecule has 4 atom stereocenters. The van der Waals surface area contributed by atoms with E-state index < -0.39 is 12.2 Å². The van der Waals surface area contributed by atoms with Gasteiger partial charge in [0.15, 0.2) is 12.2 Å². The van der Waals surface area contributed by atoms with Crippen LogP contribution in [0.15, 0.2) is 0 Å². The van der Waals surface area contributed by atoms with E-state index in [1.807, 2.05) is 13.8 Å². The highest BCUT2D eigenvalue weighted by atomic mass is 16.6. The van der Waals surface area contributed by atoms with Crippen LogP contribution in [0.4, 0.5) is 0 Å². The highest BCUT2D eigenvalue weighted by molar-refractivity contribution is 5.84. The van der Waals surface area contributed by atoms with Crippen molar-refractivity contribution in [2.45, 2.75) is 38.1 Å². The van der Waals surface area contributed by atoms with E-state index in [2.05, 4.69) is 0 Å². The Morgan fingerprint density at radius 1 is 0.750 bits per heavy atom. The van der Waals surface area contributed by atoms with Crippen molar-refractivity contribution in [3.8, 4) is 0 Å². The van der Waals surface area contributed by atoms with Gasteiger partial charge >= 0.3 is 0 Å². The molecule has 0 N–H and O–H groups in total. The number of carbonyl (C=O) groups is 2. The summed E-state index contributed by atoms with van der Waals surface area (Å²) in [5, 5.41) is 0. The Hall–Kier alpha value is -1.22. The summed E-state index contributed by atoms with van der Waals surface area (Å²) in [6.45, 7) is 7.41. The summed E-state index contributed by atoms with van der Waals surface area (Å²) in [5.41, 5.74) is 0. The van der Waals surface area contributed by atoms with Crippen molar-refractivity contribution in [2.24, 2.45) is 0 Å². The molecule has 0 aromatic heterocycles. The zero-order valence-corrected chi connectivity index (χ0v) is 14.3. The fourth-order valence-corrected chi connectivity index (χ4v) is 3.37. The molecule has 0 aromatic rings. The predicted octanol–water partition coefficient (Wildman–Crippen LogP) is -0.735. The van der Waals surface area contributed by atoms with Crippen molar-refractivity contribution in [2.75, 3.05) is 52.7 Å². The molecule has 24 heavy (non-hydrogen) atoms. The van der Waals surface area contributed by atoms with Crippen molar-refractivity contribution >= 4 is 11.8 Å². The molecule has 2 amide bonds. The van der Waals surface area contributed by atoms with Crippen molar-refractivity contribution in [1.82, 2.24) is 9.80 Å². The van der Waals surface area contributed by atoms with Crippen LogP contribution in [-0.2, 0) is 28.5 Å². The lowest BCUT2D eigenvalue weighted by molar-refractivity contribution is -0.171. The summed E-state index contributed by atoms with van der Waals surface area (Å²) in [5.74, 6) is -0.114. The largest absolute Gasteiger partial charge is 0.376 e. The number of ether oxygens (including phenoxy) is 4. The lowest BCUT2D eigenvalue weighted by atomic mass is 10.1. The Bertz CT molecular complexity index is 419. The fraction of sp³-hybridized carbons (Fsp3) is 0.875. The molecule has 3 heterocycles. The average Bonchev–Trinajstić information content (AvgIpc) is 2.63. The van der Waals surface area contributed by atoms with E-state index in [1.54, 1.807) is 9.80 Å². The Morgan fingerprint density at radius 3 is 1.50 bits per heavy atom. The zero-order valence-electron chi connectivity index (χ0n) is 14.3. The van der Waals surface area contributed by atoms with Gasteiger partial charge in [-0.15, -0.1) is 0 Å². The second-order valence-electron chi connectivity index (χ2n) is 6.55. The van der Waals surface area contributed by atoms with E-state index in [1.165, 1.54) is 0 Å². The second kappa shape index (κ2) is 7.77. The van der Waals surface area contributed by atoms with Crippen molar-refractivity contribution in [3.63, 3.8) is 0 Å². The third-order valence-corrected chi connectivity index (χ3v) is 4.73. The first-order chi connectivity index (χ1) is 11.6. The molecule has 3 aliphatic rings. The van der Waals surface area contributed by atoms with Crippen molar-refractivity contribution in [1.29, 1.82) is 0 Å². The third kappa shape index (κ3) is 3.72. The Balaban J connectivity index is 1.60. The molecule has 3 saturated heterocycles. The Morgan fingerprint density at radius 2 is 1.17 bits per heavy atom. The Labute approximate surface area is 141 Å². The van der Waals surface area contributed by atoms with Gasteiger partial charge in [-0.05, 0) is 13.8 Å². The monoisotopic (exact) mass is 342 g/mol. The van der Waals surface area contributed by atoms with E-state index in [9.17, 15) is 9.59 Å². The summed E-state index contributed by atoms with van der Waals surface area (Å²) in [4.78, 5) is 28.9. The predicted molar refractivity (Wildman–Crippen MR) is 83.5 cm³/mol. The lowest BCUT2D eigenvalue weighted by Crippen LogP contribution is -2.63. The number of carbonyl (C=O) groups excluding carboxylic acids is 2. The minimum absolute atomic E-state index is 0.0570. The van der Waals surface area contributed by atoms with Gasteiger partial charge in [0.25, 0.3) is 11.8 Å². The molecule has 136 valence electrons. The van der Waals surface area contributed by atoms with Gasteiger partial charge in [0, 0.05) is 25.2 Å². The van der Waals surface area contributed by atoms with Gasteiger partial charge in [0.1, 0.15) is 0 Å². The molecule has 3 aliphatic heterocycles. The van der Waals surface area contributed by atoms with Crippen LogP contribution < -0.4 is 0 Å². The van der Waals surface area contributed by atoms with Gasteiger partial charge in [0.2, 0.25) is 0 Å². The first-order valence-corrected chi connectivity index (χ1v) is 8.57. The topological polar surface area (TPSA) is 77.5 Å². The van der Waals surface area contributed by atoms with E-state index in [0.717, 1.165) is 0 Å². The second-order valence-corrected chi connectivity index (χ2v) is 6.55. The van der Waals surface area contributed by atoms with Crippen LogP contribution in [0.5, 0.6) is 0 Å². The van der Waals surface area contributed by atoms with Crippen LogP contribution >= 0.6 is 0 Å². The third-order valence-electron chi connectivity index (χ3n) is 4.73. The quantitative estimate of drug-likeness (QED) is 0.658. The Kier molecular flexibility index (Phi) is 5.70. The molecule has 0 aromatic carbocycles. The lowest BCUT2D eigenvalue weighted by Gasteiger charge is -2.46. The van der Waals surface area contributed by atoms with Gasteiger partial charge in [-0.1, -0.05) is 0 Å². The molecule has 0 radical (unpaired) electrons. The number of nitrogens with zero attached hydrogens (tertiary/aromatic N) is 2. The van der Waals surface area contributed by atoms with Gasteiger partial charge in [-0.3, -0.25) is 9.59 Å². The van der Waals surface area contributed by atoms with Crippen LogP contribution in [0.2, 0.25) is 0 Å². The molecule has 0 bridgehead atoms. The van der Waals surface area contributed by atoms with E-state index in [0.29, 0.717) is 52.7 Å². The highest BCUT2D eigenvalue weighted by Crippen LogP contribution is 2.20. The highest BCUT2D eigenvalue weighted by Gasteiger charge is 2.40. The number of rotatable bonds is 2. The van der Waals surface area contributed by atoms with Gasteiger partial charge in [-0.2, -0.15) is 0 Å². The maximum Gasteiger partial charge on any atom is 0.254 e. The van der Waals surface area contributed by atoms with Crippen LogP contribution in [0.1, 0.15) is 13.8 Å². The maximum absolute atomic E-state index is 12.7. The number of hydrogen-bond donors (Lipinski definition) is 0. The van der Waals surface area contributed by atoms with Crippen molar-refractivity contribution < 1.29 is 28.5 Å². The molecule has 0 spiro atoms. The van der Waals surface area contributed by atoms with Crippen LogP contribution in [-0.4, -0.2) is 98.6 Å². The van der Waals surface area contributed by atoms with Gasteiger partial charge < -0.3 is 28.7 Å². The molecule has 0 saturated carbocycles. The summed E-state index contributed by atoms with van der Waals surface area (Å²) < 4.78 is 21.7. The molecular weight excluding hydrogens is 316 g/mol. The fourth-order valence-electron chi connectivity index (χ4n) is 3.37.